The van der Waals surface area contributed by atoms with Crippen LogP contribution in [0, 0.1) is 5.41 Å². The van der Waals surface area contributed by atoms with Gasteiger partial charge in [-0.15, -0.1) is 0 Å². The summed E-state index contributed by atoms with van der Waals surface area (Å²) in [6.07, 6.45) is 0.950. The Hall–Kier alpha value is -7.66. The van der Waals surface area contributed by atoms with Crippen molar-refractivity contribution < 1.29 is 38.7 Å². The highest BCUT2D eigenvalue weighted by Gasteiger charge is 2.59. The first-order valence-electron chi connectivity index (χ1n) is 24.0. The Labute approximate surface area is 415 Å². The van der Waals surface area contributed by atoms with Gasteiger partial charge in [-0.3, -0.25) is 9.59 Å². The number of nitrogens with one attached hydrogen (secondary N) is 2. The number of fused-ring (bicyclic) bond motifs is 2. The Balaban J connectivity index is 1.15. The van der Waals surface area contributed by atoms with Gasteiger partial charge in [0.15, 0.2) is 0 Å². The van der Waals surface area contributed by atoms with E-state index >= 15 is 9.59 Å². The standard InChI is InChI=1S/C61H60N2O8/c1-68-47-23-9-15-41(33-47)37-60(66,38-42-16-10-24-48(34-42)69-2)55(53-29-13-21-45-19-5-7-27-51(45)53)62-57(64)59(31-32-59)58(65)63-56(54-30-14-22-46-20-6-8-28-52(46)54)61(67,39-43-17-11-25-49(35-43)70-3)40-44-18-12-26-50(36-44)71-4/h5-30,33-36,55-56,66-67H,31-32,37-40H2,1-4H3,(H,62,64)(H,63,65)/t55-,56-/m0/s1. The molecule has 0 radical (unpaired) electrons. The predicted octanol–water partition coefficient (Wildman–Crippen LogP) is 10.3. The van der Waals surface area contributed by atoms with Gasteiger partial charge in [-0.25, -0.2) is 0 Å². The molecule has 1 aliphatic carbocycles. The van der Waals surface area contributed by atoms with E-state index < -0.39 is 40.5 Å². The fourth-order valence-corrected chi connectivity index (χ4v) is 10.3. The number of rotatable bonds is 20. The first kappa shape index (κ1) is 48.4. The third kappa shape index (κ3) is 10.5. The minimum atomic E-state index is -1.68. The second-order valence-electron chi connectivity index (χ2n) is 18.9. The summed E-state index contributed by atoms with van der Waals surface area (Å²) in [5.74, 6) is 1.47. The van der Waals surface area contributed by atoms with Crippen LogP contribution in [0.4, 0.5) is 0 Å². The van der Waals surface area contributed by atoms with Gasteiger partial charge in [-0.1, -0.05) is 133 Å². The van der Waals surface area contributed by atoms with E-state index in [-0.39, 0.29) is 38.5 Å². The van der Waals surface area contributed by atoms with Crippen LogP contribution in [0.2, 0.25) is 0 Å². The molecule has 1 fully saturated rings. The van der Waals surface area contributed by atoms with Crippen molar-refractivity contribution in [3.05, 3.63) is 215 Å². The largest absolute Gasteiger partial charge is 0.497 e. The van der Waals surface area contributed by atoms with E-state index in [2.05, 4.69) is 10.6 Å². The Morgan fingerprint density at radius 2 is 0.746 bits per heavy atom. The van der Waals surface area contributed by atoms with Gasteiger partial charge in [0, 0.05) is 25.7 Å². The van der Waals surface area contributed by atoms with E-state index in [1.165, 1.54) is 0 Å². The highest BCUT2D eigenvalue weighted by Crippen LogP contribution is 2.49. The number of aliphatic hydroxyl groups is 2. The van der Waals surface area contributed by atoms with E-state index in [0.717, 1.165) is 43.8 Å². The molecule has 0 unspecified atom stereocenters. The van der Waals surface area contributed by atoms with Crippen molar-refractivity contribution in [2.45, 2.75) is 61.8 Å². The molecule has 2 atom stereocenters. The summed E-state index contributed by atoms with van der Waals surface area (Å²) in [4.78, 5) is 31.1. The Bertz CT molecular complexity index is 2860. The zero-order valence-corrected chi connectivity index (χ0v) is 40.6. The monoisotopic (exact) mass is 948 g/mol. The number of hydrogen-bond donors (Lipinski definition) is 4. The summed E-state index contributed by atoms with van der Waals surface area (Å²) >= 11 is 0. The van der Waals surface area contributed by atoms with Crippen LogP contribution >= 0.6 is 0 Å². The normalized spacial score (nSPS) is 14.0. The topological polar surface area (TPSA) is 136 Å². The molecule has 8 aromatic rings. The van der Waals surface area contributed by atoms with Gasteiger partial charge in [0.1, 0.15) is 28.4 Å². The lowest BCUT2D eigenvalue weighted by molar-refractivity contribution is -0.141. The van der Waals surface area contributed by atoms with Crippen molar-refractivity contribution in [2.75, 3.05) is 28.4 Å². The maximum Gasteiger partial charge on any atom is 0.236 e. The van der Waals surface area contributed by atoms with Crippen LogP contribution in [0.1, 0.15) is 58.3 Å². The first-order valence-corrected chi connectivity index (χ1v) is 24.0. The third-order valence-corrected chi connectivity index (χ3v) is 14.1. The summed E-state index contributed by atoms with van der Waals surface area (Å²) in [6, 6.07) is 55.6. The molecule has 4 N–H and O–H groups in total. The lowest BCUT2D eigenvalue weighted by Gasteiger charge is -2.40. The minimum absolute atomic E-state index is 0.111. The Morgan fingerprint density at radius 3 is 1.06 bits per heavy atom. The van der Waals surface area contributed by atoms with Gasteiger partial charge >= 0.3 is 0 Å². The molecule has 0 heterocycles. The average Bonchev–Trinajstić information content (AvgIpc) is 4.22. The zero-order chi connectivity index (χ0) is 49.6. The van der Waals surface area contributed by atoms with Crippen LogP contribution < -0.4 is 29.6 Å². The predicted molar refractivity (Wildman–Crippen MR) is 278 cm³/mol. The molecule has 0 bridgehead atoms. The molecule has 1 aliphatic rings. The number of hydrogen-bond acceptors (Lipinski definition) is 8. The van der Waals surface area contributed by atoms with Crippen LogP contribution in [-0.2, 0) is 35.3 Å². The number of carbonyl (C=O) groups is 2. The summed E-state index contributed by atoms with van der Waals surface area (Å²) in [7, 11) is 6.41. The second kappa shape index (κ2) is 20.7. The number of amides is 2. The van der Waals surface area contributed by atoms with Gasteiger partial charge < -0.3 is 39.8 Å². The molecule has 1 saturated carbocycles. The molecule has 362 valence electrons. The van der Waals surface area contributed by atoms with E-state index in [4.69, 9.17) is 18.9 Å². The summed E-state index contributed by atoms with van der Waals surface area (Å²) < 4.78 is 22.5. The molecular formula is C61H60N2O8. The van der Waals surface area contributed by atoms with Crippen molar-refractivity contribution in [3.63, 3.8) is 0 Å². The highest BCUT2D eigenvalue weighted by molar-refractivity contribution is 6.08. The van der Waals surface area contributed by atoms with Gasteiger partial charge in [-0.2, -0.15) is 0 Å². The van der Waals surface area contributed by atoms with Crippen molar-refractivity contribution >= 4 is 33.4 Å². The van der Waals surface area contributed by atoms with Crippen LogP contribution in [0.5, 0.6) is 23.0 Å². The van der Waals surface area contributed by atoms with Crippen LogP contribution in [0.25, 0.3) is 21.5 Å². The average molecular weight is 949 g/mol. The molecule has 0 aromatic heterocycles. The van der Waals surface area contributed by atoms with Gasteiger partial charge in [0.25, 0.3) is 0 Å². The Morgan fingerprint density at radius 1 is 0.451 bits per heavy atom. The molecule has 0 spiro atoms. The fourth-order valence-electron chi connectivity index (χ4n) is 10.3. The highest BCUT2D eigenvalue weighted by atomic mass is 16.5. The number of ether oxygens (including phenoxy) is 4. The maximum absolute atomic E-state index is 15.5. The van der Waals surface area contributed by atoms with Crippen LogP contribution in [0.15, 0.2) is 182 Å². The summed E-state index contributed by atoms with van der Waals surface area (Å²) in [5.41, 5.74) is -0.342. The third-order valence-electron chi connectivity index (χ3n) is 14.1. The molecular weight excluding hydrogens is 889 g/mol. The number of benzene rings is 8. The zero-order valence-electron chi connectivity index (χ0n) is 40.6. The second-order valence-corrected chi connectivity index (χ2v) is 18.9. The van der Waals surface area contributed by atoms with Gasteiger partial charge in [0.05, 0.1) is 51.7 Å². The van der Waals surface area contributed by atoms with E-state index in [9.17, 15) is 10.2 Å². The molecule has 9 rings (SSSR count). The van der Waals surface area contributed by atoms with Crippen molar-refractivity contribution in [3.8, 4) is 23.0 Å². The van der Waals surface area contributed by atoms with Crippen molar-refractivity contribution in [1.29, 1.82) is 0 Å². The van der Waals surface area contributed by atoms with Crippen LogP contribution in [-0.4, -0.2) is 61.7 Å². The molecule has 2 amide bonds. The molecule has 8 aromatic carbocycles. The maximum atomic E-state index is 15.5. The number of methoxy groups -OCH3 is 4. The molecule has 71 heavy (non-hydrogen) atoms. The van der Waals surface area contributed by atoms with E-state index in [1.54, 1.807) is 28.4 Å². The smallest absolute Gasteiger partial charge is 0.236 e. The summed E-state index contributed by atoms with van der Waals surface area (Å²) in [6.45, 7) is 0. The molecule has 10 heteroatoms. The van der Waals surface area contributed by atoms with Crippen molar-refractivity contribution in [2.24, 2.45) is 5.41 Å². The van der Waals surface area contributed by atoms with Gasteiger partial charge in [0.2, 0.25) is 11.8 Å². The Kier molecular flexibility index (Phi) is 14.1. The first-order chi connectivity index (χ1) is 34.5. The quantitative estimate of drug-likeness (QED) is 0.0555. The molecule has 0 aliphatic heterocycles. The van der Waals surface area contributed by atoms with E-state index in [1.807, 2.05) is 182 Å². The summed E-state index contributed by atoms with van der Waals surface area (Å²) in [5, 5.41) is 37.4. The SMILES string of the molecule is COc1cccc(CC(O)(Cc2cccc(OC)c2)[C@@H](NC(=O)C2(C(=O)N[C@@H](c3cccc4ccccc34)C(O)(Cc3cccc(OC)c3)Cc3cccc(OC)c3)CC2)c2cccc3ccccc23)c1. The van der Waals surface area contributed by atoms with E-state index in [0.29, 0.717) is 34.1 Å². The lowest BCUT2D eigenvalue weighted by Crippen LogP contribution is -2.55. The minimum Gasteiger partial charge on any atom is -0.497 e. The fraction of sp³-hybridized carbons (Fsp3) is 0.246. The van der Waals surface area contributed by atoms with Gasteiger partial charge in [-0.05, 0) is 116 Å². The number of carbonyl (C=O) groups excluding carboxylic acids is 2. The van der Waals surface area contributed by atoms with Crippen LogP contribution in [0.3, 0.4) is 0 Å². The van der Waals surface area contributed by atoms with Crippen molar-refractivity contribution in [1.82, 2.24) is 10.6 Å². The lowest BCUT2D eigenvalue weighted by atomic mass is 9.77. The molecule has 10 nitrogen and oxygen atoms in total. The molecule has 0 saturated heterocycles.